The maximum absolute atomic E-state index is 12.8. The third-order valence-electron chi connectivity index (χ3n) is 5.95. The van der Waals surface area contributed by atoms with Gasteiger partial charge in [0.2, 0.25) is 0 Å². The van der Waals surface area contributed by atoms with Crippen LogP contribution in [0.25, 0.3) is 16.1 Å². The fourth-order valence-corrected chi connectivity index (χ4v) is 6.89. The van der Waals surface area contributed by atoms with Gasteiger partial charge in [-0.3, -0.25) is 0 Å². The van der Waals surface area contributed by atoms with E-state index in [0.29, 0.717) is 28.7 Å². The lowest BCUT2D eigenvalue weighted by Crippen LogP contribution is -2.26. The van der Waals surface area contributed by atoms with Crippen molar-refractivity contribution in [3.8, 4) is 16.6 Å². The number of allylic oxidation sites excluding steroid dienone is 1. The smallest absolute Gasteiger partial charge is 0.341 e. The molecule has 0 fully saturated rings. The minimum Gasteiger partial charge on any atom is -0.462 e. The Morgan fingerprint density at radius 3 is 2.88 bits per heavy atom. The van der Waals surface area contributed by atoms with Crippen LogP contribution in [0.15, 0.2) is 29.1 Å². The molecule has 0 radical (unpaired) electrons. The lowest BCUT2D eigenvalue weighted by atomic mass is 9.72. The van der Waals surface area contributed by atoms with Gasteiger partial charge >= 0.3 is 5.97 Å². The quantitative estimate of drug-likeness (QED) is 0.287. The van der Waals surface area contributed by atoms with Crippen LogP contribution < -0.4 is 5.32 Å². The van der Waals surface area contributed by atoms with E-state index in [1.807, 2.05) is 29.8 Å². The van der Waals surface area contributed by atoms with Gasteiger partial charge in [0.15, 0.2) is 0 Å². The maximum Gasteiger partial charge on any atom is 0.341 e. The van der Waals surface area contributed by atoms with Gasteiger partial charge in [0, 0.05) is 16.5 Å². The number of fused-ring (bicyclic) bond motifs is 1. The highest BCUT2D eigenvalue weighted by Crippen LogP contribution is 2.44. The third-order valence-corrected chi connectivity index (χ3v) is 8.90. The lowest BCUT2D eigenvalue weighted by Gasteiger charge is -2.33. The van der Waals surface area contributed by atoms with Crippen LogP contribution in [-0.2, 0) is 17.6 Å². The molecule has 0 saturated carbocycles. The Balaban J connectivity index is 1.64. The largest absolute Gasteiger partial charge is 0.462 e. The zero-order chi connectivity index (χ0) is 23.6. The minimum absolute atomic E-state index is 0.221. The van der Waals surface area contributed by atoms with Crippen molar-refractivity contribution in [2.45, 2.75) is 47.0 Å². The van der Waals surface area contributed by atoms with E-state index >= 15 is 0 Å². The fourth-order valence-electron chi connectivity index (χ4n) is 4.06. The molecular weight excluding hydrogens is 470 g/mol. The number of thiazole rings is 1. The van der Waals surface area contributed by atoms with Crippen LogP contribution in [-0.4, -0.2) is 17.6 Å². The van der Waals surface area contributed by atoms with Gasteiger partial charge in [0.1, 0.15) is 21.7 Å². The van der Waals surface area contributed by atoms with E-state index in [-0.39, 0.29) is 11.4 Å². The summed E-state index contributed by atoms with van der Waals surface area (Å²) in [6, 6.07) is 6.25. The van der Waals surface area contributed by atoms with Crippen molar-refractivity contribution in [3.05, 3.63) is 50.1 Å². The molecule has 0 bridgehead atoms. The Morgan fingerprint density at radius 2 is 2.21 bits per heavy atom. The number of carbonyl (C=O) groups excluding carboxylic acids is 1. The van der Waals surface area contributed by atoms with Crippen molar-refractivity contribution in [1.29, 1.82) is 5.26 Å². The standard InChI is InChI=1S/C25H27N3O2S3/c1-5-30-24(29)21-17-9-8-16(25(2,3)4)11-20(17)33-23(21)27-13-15(12-26)22-28-18(14-32-22)19-7-6-10-31-19/h6-7,10,13-14,16,27H,5,8-9,11H2,1-4H3/b15-13+/t16-/m1/s1. The number of aromatic nitrogens is 1. The van der Waals surface area contributed by atoms with Gasteiger partial charge < -0.3 is 10.1 Å². The number of hydrogen-bond donors (Lipinski definition) is 1. The van der Waals surface area contributed by atoms with E-state index in [2.05, 4.69) is 37.1 Å². The SMILES string of the molecule is CCOC(=O)c1c(N/C=C(\C#N)c2nc(-c3cccs3)cs2)sc2c1CC[C@@H](C(C)(C)C)C2. The van der Waals surface area contributed by atoms with Crippen molar-refractivity contribution >= 4 is 50.6 Å². The molecular formula is C25H27N3O2S3. The number of carbonyl (C=O) groups is 1. The van der Waals surface area contributed by atoms with Crippen LogP contribution in [0.4, 0.5) is 5.00 Å². The Bertz CT molecular complexity index is 1210. The molecule has 8 heteroatoms. The Morgan fingerprint density at radius 1 is 1.39 bits per heavy atom. The van der Waals surface area contributed by atoms with E-state index in [1.165, 1.54) is 16.2 Å². The number of nitrogens with zero attached hydrogens (tertiary/aromatic N) is 2. The molecule has 1 N–H and O–H groups in total. The highest BCUT2D eigenvalue weighted by atomic mass is 32.1. The zero-order valence-electron chi connectivity index (χ0n) is 19.2. The molecule has 33 heavy (non-hydrogen) atoms. The van der Waals surface area contributed by atoms with Gasteiger partial charge in [0.25, 0.3) is 0 Å². The van der Waals surface area contributed by atoms with E-state index in [0.717, 1.165) is 40.4 Å². The third kappa shape index (κ3) is 5.06. The summed E-state index contributed by atoms with van der Waals surface area (Å²) in [5.74, 6) is 0.274. The number of hydrogen-bond acceptors (Lipinski definition) is 8. The summed E-state index contributed by atoms with van der Waals surface area (Å²) in [6.07, 6.45) is 4.55. The lowest BCUT2D eigenvalue weighted by molar-refractivity contribution is 0.0526. The van der Waals surface area contributed by atoms with Crippen LogP contribution in [0.3, 0.4) is 0 Å². The monoisotopic (exact) mass is 497 g/mol. The molecule has 0 aliphatic heterocycles. The van der Waals surface area contributed by atoms with Gasteiger partial charge in [-0.2, -0.15) is 5.26 Å². The van der Waals surface area contributed by atoms with Gasteiger partial charge in [-0.1, -0.05) is 26.8 Å². The van der Waals surface area contributed by atoms with E-state index in [1.54, 1.807) is 28.9 Å². The molecule has 1 aliphatic carbocycles. The van der Waals surface area contributed by atoms with Crippen molar-refractivity contribution < 1.29 is 9.53 Å². The van der Waals surface area contributed by atoms with Crippen molar-refractivity contribution in [1.82, 2.24) is 4.98 Å². The molecule has 0 saturated heterocycles. The number of thiophene rings is 2. The highest BCUT2D eigenvalue weighted by Gasteiger charge is 2.34. The van der Waals surface area contributed by atoms with E-state index in [9.17, 15) is 10.1 Å². The molecule has 0 amide bonds. The molecule has 3 aromatic rings. The predicted octanol–water partition coefficient (Wildman–Crippen LogP) is 7.24. The summed E-state index contributed by atoms with van der Waals surface area (Å²) in [7, 11) is 0. The molecule has 0 aromatic carbocycles. The number of rotatable bonds is 6. The van der Waals surface area contributed by atoms with Gasteiger partial charge in [0.05, 0.1) is 22.7 Å². The first-order valence-electron chi connectivity index (χ1n) is 11.0. The first-order valence-corrected chi connectivity index (χ1v) is 13.6. The second kappa shape index (κ2) is 9.80. The number of nitrogens with one attached hydrogen (secondary N) is 1. The first-order chi connectivity index (χ1) is 15.8. The minimum atomic E-state index is -0.298. The molecule has 1 aliphatic rings. The number of nitriles is 1. The fraction of sp³-hybridized carbons (Fsp3) is 0.400. The van der Waals surface area contributed by atoms with E-state index in [4.69, 9.17) is 4.74 Å². The molecule has 1 atom stereocenters. The molecule has 5 nitrogen and oxygen atoms in total. The van der Waals surface area contributed by atoms with Crippen LogP contribution >= 0.6 is 34.0 Å². The van der Waals surface area contributed by atoms with Gasteiger partial charge in [-0.15, -0.1) is 34.0 Å². The number of anilines is 1. The van der Waals surface area contributed by atoms with Crippen LogP contribution in [0, 0.1) is 22.7 Å². The van der Waals surface area contributed by atoms with Crippen molar-refractivity contribution in [2.24, 2.45) is 11.3 Å². The maximum atomic E-state index is 12.8. The molecule has 4 rings (SSSR count). The Labute approximate surface area is 206 Å². The predicted molar refractivity (Wildman–Crippen MR) is 138 cm³/mol. The average Bonchev–Trinajstić information content (AvgIpc) is 3.52. The summed E-state index contributed by atoms with van der Waals surface area (Å²) in [5.41, 5.74) is 3.26. The second-order valence-corrected chi connectivity index (χ2v) is 12.0. The van der Waals surface area contributed by atoms with Crippen LogP contribution in [0.2, 0.25) is 0 Å². The summed E-state index contributed by atoms with van der Waals surface area (Å²) in [6.45, 7) is 8.99. The molecule has 0 unspecified atom stereocenters. The summed E-state index contributed by atoms with van der Waals surface area (Å²) in [5, 5.41) is 18.4. The molecule has 3 heterocycles. The molecule has 0 spiro atoms. The van der Waals surface area contributed by atoms with E-state index < -0.39 is 0 Å². The Kier molecular flexibility index (Phi) is 7.03. The summed E-state index contributed by atoms with van der Waals surface area (Å²) < 4.78 is 5.38. The Hall–Kier alpha value is -2.47. The van der Waals surface area contributed by atoms with Gasteiger partial charge in [-0.25, -0.2) is 9.78 Å². The second-order valence-electron chi connectivity index (χ2n) is 9.06. The van der Waals surface area contributed by atoms with Crippen LogP contribution in [0.1, 0.15) is 59.9 Å². The van der Waals surface area contributed by atoms with Crippen molar-refractivity contribution in [2.75, 3.05) is 11.9 Å². The average molecular weight is 498 g/mol. The van der Waals surface area contributed by atoms with Gasteiger partial charge in [-0.05, 0) is 54.5 Å². The summed E-state index contributed by atoms with van der Waals surface area (Å²) in [4.78, 5) is 19.8. The summed E-state index contributed by atoms with van der Waals surface area (Å²) >= 11 is 4.67. The highest BCUT2D eigenvalue weighted by molar-refractivity contribution is 7.17. The number of esters is 1. The normalized spacial score (nSPS) is 16.2. The zero-order valence-corrected chi connectivity index (χ0v) is 21.7. The molecule has 172 valence electrons. The van der Waals surface area contributed by atoms with Crippen molar-refractivity contribution in [3.63, 3.8) is 0 Å². The van der Waals surface area contributed by atoms with Crippen LogP contribution in [0.5, 0.6) is 0 Å². The number of ether oxygens (including phenoxy) is 1. The first kappa shape index (κ1) is 23.7. The molecule has 3 aromatic heterocycles. The topological polar surface area (TPSA) is 75.0 Å².